The minimum atomic E-state index is -1.65. The van der Waals surface area contributed by atoms with E-state index in [4.69, 9.17) is 5.42 Å². The number of hydrogen-bond acceptors (Lipinski definition) is 2. The van der Waals surface area contributed by atoms with Gasteiger partial charge < -0.3 is 5.42 Å². The molecule has 0 saturated heterocycles. The maximum Gasteiger partial charge on any atom is 1.00 e. The van der Waals surface area contributed by atoms with Gasteiger partial charge in [-0.1, -0.05) is 110 Å². The van der Waals surface area contributed by atoms with Crippen LogP contribution in [0.4, 0.5) is 0 Å². The van der Waals surface area contributed by atoms with Gasteiger partial charge in [0.1, 0.15) is 0 Å². The maximum absolute atomic E-state index is 4.80. The first kappa shape index (κ1) is 32.5. The van der Waals surface area contributed by atoms with Crippen LogP contribution in [-0.4, -0.2) is 53.2 Å². The number of rotatable bonds is 10. The number of unbranched alkanes of at least 4 members (excludes halogenated alkanes) is 1. The molecule has 4 aliphatic carbocycles. The van der Waals surface area contributed by atoms with Gasteiger partial charge in [0.2, 0.25) is 0 Å². The topological polar surface area (TPSA) is 6.48 Å². The van der Waals surface area contributed by atoms with Crippen molar-refractivity contribution in [3.63, 3.8) is 0 Å². The smallest absolute Gasteiger partial charge is 0.464 e. The summed E-state index contributed by atoms with van der Waals surface area (Å²) in [5, 5.41) is 0. The Balaban J connectivity index is 0.00000380. The van der Waals surface area contributed by atoms with Crippen molar-refractivity contribution < 1.29 is 18.9 Å². The summed E-state index contributed by atoms with van der Waals surface area (Å²) >= 11 is 0. The van der Waals surface area contributed by atoms with Gasteiger partial charge in [0.25, 0.3) is 0 Å². The quantitative estimate of drug-likeness (QED) is 0.165. The summed E-state index contributed by atoms with van der Waals surface area (Å²) in [6, 6.07) is 3.35. The fourth-order valence-corrected chi connectivity index (χ4v) is 18.7. The maximum atomic E-state index is 4.80. The summed E-state index contributed by atoms with van der Waals surface area (Å²) in [4.78, 5) is 0. The van der Waals surface area contributed by atoms with E-state index in [-0.39, 0.29) is 18.9 Å². The number of hydrogen-bond donors (Lipinski definition) is 0. The van der Waals surface area contributed by atoms with E-state index in [9.17, 15) is 0 Å². The Morgan fingerprint density at radius 1 is 0.568 bits per heavy atom. The standard InChI is InChI=1S/C32H62N2PSi.Li/c1-5-6-27-35(28-36(2,3)4,33(29-19-11-7-12-20-29)30-21-13-8-14-22-30)34(31-23-15-9-16-24-31)32-25-17-10-18-26-32;/h29-32H,5-27H2,1-4H3;/q-1;+1. The number of nitrogens with zero attached hydrogens (tertiary/aromatic N) is 2. The molecule has 0 bridgehead atoms. The van der Waals surface area contributed by atoms with E-state index < -0.39 is 15.3 Å². The third-order valence-corrected chi connectivity index (χ3v) is 17.8. The van der Waals surface area contributed by atoms with E-state index in [0.717, 1.165) is 24.2 Å². The molecule has 0 aliphatic heterocycles. The van der Waals surface area contributed by atoms with Crippen LogP contribution in [0.1, 0.15) is 148 Å². The van der Waals surface area contributed by atoms with Crippen molar-refractivity contribution in [2.75, 3.05) is 6.16 Å². The minimum absolute atomic E-state index is 0. The molecule has 0 aromatic heterocycles. The molecule has 4 fully saturated rings. The van der Waals surface area contributed by atoms with Gasteiger partial charge in [0, 0.05) is 24.2 Å². The molecule has 5 heteroatoms. The molecule has 210 valence electrons. The molecule has 4 rings (SSSR count). The summed E-state index contributed by atoms with van der Waals surface area (Å²) in [5.74, 6) is 0. The van der Waals surface area contributed by atoms with Gasteiger partial charge in [0.05, 0.1) is 0 Å². The van der Waals surface area contributed by atoms with Gasteiger partial charge in [-0.2, -0.15) is 7.19 Å². The largest absolute Gasteiger partial charge is 1.00 e. The molecule has 4 saturated carbocycles. The van der Waals surface area contributed by atoms with Crippen LogP contribution in [0, 0.1) is 0 Å². The van der Waals surface area contributed by atoms with E-state index in [1.165, 1.54) is 147 Å². The Labute approximate surface area is 246 Å². The van der Waals surface area contributed by atoms with Crippen molar-refractivity contribution >= 4 is 20.7 Å². The van der Waals surface area contributed by atoms with Gasteiger partial charge in [-0.15, -0.1) is 8.07 Å². The summed E-state index contributed by atoms with van der Waals surface area (Å²) in [7, 11) is -3.16. The molecular formula is C32H62LiN2PSi. The second kappa shape index (κ2) is 15.9. The molecule has 0 N–H and O–H groups in total. The third-order valence-electron chi connectivity index (χ3n) is 9.90. The van der Waals surface area contributed by atoms with Crippen molar-refractivity contribution in [1.29, 1.82) is 0 Å². The van der Waals surface area contributed by atoms with E-state index in [1.54, 1.807) is 0 Å². The van der Waals surface area contributed by atoms with Gasteiger partial charge in [-0.05, 0) is 63.9 Å². The first-order chi connectivity index (χ1) is 17.4. The van der Waals surface area contributed by atoms with Crippen LogP contribution >= 0.6 is 7.19 Å². The minimum Gasteiger partial charge on any atom is -0.464 e. The van der Waals surface area contributed by atoms with E-state index in [1.807, 2.05) is 0 Å². The van der Waals surface area contributed by atoms with Gasteiger partial charge in [-0.25, -0.2) is 0 Å². The van der Waals surface area contributed by atoms with Gasteiger partial charge >= 0.3 is 18.9 Å². The summed E-state index contributed by atoms with van der Waals surface area (Å²) in [5.41, 5.74) is 4.80. The van der Waals surface area contributed by atoms with E-state index in [0.29, 0.717) is 0 Å². The molecule has 0 aromatic rings. The Morgan fingerprint density at radius 3 is 1.11 bits per heavy atom. The predicted octanol–water partition coefficient (Wildman–Crippen LogP) is 7.13. The predicted molar refractivity (Wildman–Crippen MR) is 166 cm³/mol. The summed E-state index contributed by atoms with van der Waals surface area (Å²) in [6.45, 7) is 10.4. The van der Waals surface area contributed by atoms with Crippen LogP contribution in [-0.2, 0) is 0 Å². The molecular weight excluding hydrogens is 478 g/mol. The summed E-state index contributed by atoms with van der Waals surface area (Å²) < 4.78 is 6.78. The average molecular weight is 541 g/mol. The van der Waals surface area contributed by atoms with Crippen LogP contribution in [0.2, 0.25) is 19.6 Å². The Morgan fingerprint density at radius 2 is 0.865 bits per heavy atom. The molecule has 4 aliphatic rings. The van der Waals surface area contributed by atoms with Crippen LogP contribution in [0.5, 0.6) is 0 Å². The molecule has 2 nitrogen and oxygen atoms in total. The summed E-state index contributed by atoms with van der Waals surface area (Å²) in [6.07, 6.45) is 33.7. The molecule has 0 atom stereocenters. The molecule has 0 heterocycles. The molecule has 0 amide bonds. The fourth-order valence-electron chi connectivity index (χ4n) is 8.50. The monoisotopic (exact) mass is 540 g/mol. The van der Waals surface area contributed by atoms with Gasteiger partial charge in [-0.3, -0.25) is 9.34 Å². The zero-order valence-corrected chi connectivity index (χ0v) is 27.8. The average Bonchev–Trinajstić information content (AvgIpc) is 2.89. The Hall–Kier alpha value is 1.03. The fraction of sp³-hybridized carbons (Fsp3) is 0.969. The second-order valence-electron chi connectivity index (χ2n) is 14.1. The van der Waals surface area contributed by atoms with Gasteiger partial charge in [0.15, 0.2) is 0 Å². The molecule has 0 spiro atoms. The van der Waals surface area contributed by atoms with Crippen molar-refractivity contribution in [2.45, 2.75) is 192 Å². The Kier molecular flexibility index (Phi) is 14.0. The van der Waals surface area contributed by atoms with Crippen molar-refractivity contribution in [1.82, 2.24) is 9.34 Å². The zero-order chi connectivity index (χ0) is 25.4. The molecule has 0 aromatic carbocycles. The molecule has 37 heavy (non-hydrogen) atoms. The zero-order valence-electron chi connectivity index (χ0n) is 25.9. The van der Waals surface area contributed by atoms with Crippen LogP contribution in [0.25, 0.3) is 0 Å². The third kappa shape index (κ3) is 8.76. The van der Waals surface area contributed by atoms with Crippen molar-refractivity contribution in [3.05, 3.63) is 0 Å². The first-order valence-electron chi connectivity index (χ1n) is 16.7. The Bertz CT molecular complexity index is 603. The van der Waals surface area contributed by atoms with Crippen LogP contribution in [0.3, 0.4) is 0 Å². The first-order valence-corrected chi connectivity index (χ1v) is 22.1. The van der Waals surface area contributed by atoms with E-state index >= 15 is 0 Å². The van der Waals surface area contributed by atoms with Crippen molar-refractivity contribution in [3.8, 4) is 0 Å². The van der Waals surface area contributed by atoms with Crippen LogP contribution in [0.15, 0.2) is 0 Å². The van der Waals surface area contributed by atoms with E-state index in [2.05, 4.69) is 35.9 Å². The second-order valence-corrected chi connectivity index (χ2v) is 22.3. The van der Waals surface area contributed by atoms with Crippen LogP contribution < -0.4 is 18.9 Å². The molecule has 0 radical (unpaired) electrons. The normalized spacial score (nSPS) is 24.4. The SMILES string of the molecule is CCCCP(=[C-][Si](C)(C)C)(N(C1CCCCC1)C1CCCCC1)N(C1CCCCC1)C1CCCCC1.[Li+]. The molecule has 0 unspecified atom stereocenters. The van der Waals surface area contributed by atoms with Crippen molar-refractivity contribution in [2.24, 2.45) is 0 Å².